The van der Waals surface area contributed by atoms with Crippen molar-refractivity contribution in [2.24, 2.45) is 5.73 Å². The quantitative estimate of drug-likeness (QED) is 0.827. The molecular weight excluding hydrogens is 200 g/mol. The van der Waals surface area contributed by atoms with E-state index in [0.717, 1.165) is 11.3 Å². The molecule has 3 nitrogen and oxygen atoms in total. The molecule has 4 heteroatoms. The summed E-state index contributed by atoms with van der Waals surface area (Å²) in [6.45, 7) is 0.413. The maximum absolute atomic E-state index is 5.42. The SMILES string of the molecule is Cl.NCc1coc(-c2ccccc2)n1. The average Bonchev–Trinajstić information content (AvgIpc) is 2.67. The molecule has 0 unspecified atom stereocenters. The minimum Gasteiger partial charge on any atom is -0.444 e. The molecule has 1 aromatic heterocycles. The predicted octanol–water partition coefficient (Wildman–Crippen LogP) is 2.22. The second-order valence-corrected chi connectivity index (χ2v) is 2.71. The lowest BCUT2D eigenvalue weighted by atomic mass is 10.2. The molecule has 0 aliphatic rings. The van der Waals surface area contributed by atoms with Gasteiger partial charge in [0.15, 0.2) is 0 Å². The molecule has 0 aliphatic carbocycles. The van der Waals surface area contributed by atoms with Gasteiger partial charge >= 0.3 is 0 Å². The summed E-state index contributed by atoms with van der Waals surface area (Å²) in [5, 5.41) is 0. The number of aromatic nitrogens is 1. The summed E-state index contributed by atoms with van der Waals surface area (Å²) >= 11 is 0. The number of hydrogen-bond donors (Lipinski definition) is 1. The highest BCUT2D eigenvalue weighted by atomic mass is 35.5. The fraction of sp³-hybridized carbons (Fsp3) is 0.100. The van der Waals surface area contributed by atoms with Gasteiger partial charge in [0.05, 0.1) is 5.69 Å². The van der Waals surface area contributed by atoms with Crippen LogP contribution in [0.3, 0.4) is 0 Å². The van der Waals surface area contributed by atoms with Gasteiger partial charge in [-0.25, -0.2) is 4.98 Å². The van der Waals surface area contributed by atoms with Crippen molar-refractivity contribution < 1.29 is 4.42 Å². The summed E-state index contributed by atoms with van der Waals surface area (Å²) < 4.78 is 5.25. The highest BCUT2D eigenvalue weighted by molar-refractivity contribution is 5.85. The van der Waals surface area contributed by atoms with Crippen LogP contribution in [0, 0.1) is 0 Å². The monoisotopic (exact) mass is 210 g/mol. The van der Waals surface area contributed by atoms with Crippen molar-refractivity contribution >= 4 is 12.4 Å². The van der Waals surface area contributed by atoms with Gasteiger partial charge in [-0.2, -0.15) is 0 Å². The van der Waals surface area contributed by atoms with Crippen LogP contribution >= 0.6 is 12.4 Å². The van der Waals surface area contributed by atoms with Crippen molar-refractivity contribution in [3.05, 3.63) is 42.3 Å². The third-order valence-electron chi connectivity index (χ3n) is 1.78. The van der Waals surface area contributed by atoms with Crippen LogP contribution in [0.5, 0.6) is 0 Å². The molecule has 2 N–H and O–H groups in total. The van der Waals surface area contributed by atoms with Crippen molar-refractivity contribution in [3.8, 4) is 11.5 Å². The maximum atomic E-state index is 5.42. The molecule has 0 spiro atoms. The van der Waals surface area contributed by atoms with E-state index in [1.54, 1.807) is 6.26 Å². The number of nitrogens with two attached hydrogens (primary N) is 1. The Kier molecular flexibility index (Phi) is 3.68. The van der Waals surface area contributed by atoms with E-state index >= 15 is 0 Å². The van der Waals surface area contributed by atoms with Gasteiger partial charge in [-0.1, -0.05) is 18.2 Å². The fourth-order valence-corrected chi connectivity index (χ4v) is 1.11. The Balaban J connectivity index is 0.000000980. The molecule has 2 aromatic rings. The zero-order valence-electron chi connectivity index (χ0n) is 7.51. The van der Waals surface area contributed by atoms with E-state index in [1.807, 2.05) is 30.3 Å². The van der Waals surface area contributed by atoms with E-state index in [1.165, 1.54) is 0 Å². The molecule has 2 rings (SSSR count). The van der Waals surface area contributed by atoms with E-state index in [9.17, 15) is 0 Å². The van der Waals surface area contributed by atoms with Crippen LogP contribution in [-0.2, 0) is 6.54 Å². The van der Waals surface area contributed by atoms with Crippen molar-refractivity contribution in [2.75, 3.05) is 0 Å². The third-order valence-corrected chi connectivity index (χ3v) is 1.78. The van der Waals surface area contributed by atoms with Crippen LogP contribution in [0.2, 0.25) is 0 Å². The largest absolute Gasteiger partial charge is 0.444 e. The molecular formula is C10H11ClN2O. The number of halogens is 1. The molecule has 74 valence electrons. The molecule has 0 amide bonds. The molecule has 0 fully saturated rings. The molecule has 0 atom stereocenters. The molecule has 0 saturated heterocycles. The summed E-state index contributed by atoms with van der Waals surface area (Å²) in [7, 11) is 0. The summed E-state index contributed by atoms with van der Waals surface area (Å²) in [5.41, 5.74) is 7.17. The number of benzene rings is 1. The van der Waals surface area contributed by atoms with Crippen molar-refractivity contribution in [3.63, 3.8) is 0 Å². The highest BCUT2D eigenvalue weighted by Gasteiger charge is 2.03. The summed E-state index contributed by atoms with van der Waals surface area (Å²) in [4.78, 5) is 4.21. The van der Waals surface area contributed by atoms with E-state index in [-0.39, 0.29) is 12.4 Å². The Morgan fingerprint density at radius 1 is 1.21 bits per heavy atom. The molecule has 14 heavy (non-hydrogen) atoms. The van der Waals surface area contributed by atoms with Crippen LogP contribution in [0.4, 0.5) is 0 Å². The molecule has 1 heterocycles. The average molecular weight is 211 g/mol. The van der Waals surface area contributed by atoms with E-state index in [0.29, 0.717) is 12.4 Å². The van der Waals surface area contributed by atoms with Gasteiger partial charge in [0.25, 0.3) is 0 Å². The van der Waals surface area contributed by atoms with Crippen molar-refractivity contribution in [2.45, 2.75) is 6.54 Å². The number of nitrogens with zero attached hydrogens (tertiary/aromatic N) is 1. The Hall–Kier alpha value is -1.32. The summed E-state index contributed by atoms with van der Waals surface area (Å²) in [6.07, 6.45) is 1.59. The molecule has 1 aromatic carbocycles. The van der Waals surface area contributed by atoms with Crippen LogP contribution in [0.25, 0.3) is 11.5 Å². The van der Waals surface area contributed by atoms with E-state index in [2.05, 4.69) is 4.98 Å². The van der Waals surface area contributed by atoms with Gasteiger partial charge in [-0.05, 0) is 12.1 Å². The van der Waals surface area contributed by atoms with Crippen LogP contribution in [0.15, 0.2) is 41.0 Å². The lowest BCUT2D eigenvalue weighted by Gasteiger charge is -1.91. The molecule has 0 radical (unpaired) electrons. The summed E-state index contributed by atoms with van der Waals surface area (Å²) in [5.74, 6) is 0.626. The van der Waals surface area contributed by atoms with Gasteiger partial charge in [0.2, 0.25) is 5.89 Å². The van der Waals surface area contributed by atoms with Gasteiger partial charge in [0.1, 0.15) is 6.26 Å². The number of rotatable bonds is 2. The Labute approximate surface area is 88.4 Å². The first-order chi connectivity index (χ1) is 6.40. The Bertz CT molecular complexity index is 386. The lowest BCUT2D eigenvalue weighted by molar-refractivity contribution is 0.572. The zero-order chi connectivity index (χ0) is 9.10. The van der Waals surface area contributed by atoms with Gasteiger partial charge < -0.3 is 10.2 Å². The predicted molar refractivity (Wildman–Crippen MR) is 57.1 cm³/mol. The number of oxazole rings is 1. The van der Waals surface area contributed by atoms with Gasteiger partial charge in [-0.15, -0.1) is 12.4 Å². The topological polar surface area (TPSA) is 52.0 Å². The van der Waals surface area contributed by atoms with E-state index < -0.39 is 0 Å². The zero-order valence-corrected chi connectivity index (χ0v) is 8.33. The second kappa shape index (κ2) is 4.79. The van der Waals surface area contributed by atoms with Gasteiger partial charge in [0, 0.05) is 12.1 Å². The molecule has 0 aliphatic heterocycles. The minimum absolute atomic E-state index is 0. The minimum atomic E-state index is 0. The van der Waals surface area contributed by atoms with Crippen LogP contribution in [-0.4, -0.2) is 4.98 Å². The van der Waals surface area contributed by atoms with Crippen LogP contribution < -0.4 is 5.73 Å². The Morgan fingerprint density at radius 3 is 2.50 bits per heavy atom. The van der Waals surface area contributed by atoms with Crippen LogP contribution in [0.1, 0.15) is 5.69 Å². The standard InChI is InChI=1S/C10H10N2O.ClH/c11-6-9-7-13-10(12-9)8-4-2-1-3-5-8;/h1-5,7H,6,11H2;1H. The van der Waals surface area contributed by atoms with E-state index in [4.69, 9.17) is 10.2 Å². The molecule has 0 saturated carbocycles. The Morgan fingerprint density at radius 2 is 1.93 bits per heavy atom. The first-order valence-corrected chi connectivity index (χ1v) is 4.10. The third kappa shape index (κ3) is 2.13. The summed E-state index contributed by atoms with van der Waals surface area (Å²) in [6, 6.07) is 9.75. The highest BCUT2D eigenvalue weighted by Crippen LogP contribution is 2.17. The maximum Gasteiger partial charge on any atom is 0.226 e. The number of hydrogen-bond acceptors (Lipinski definition) is 3. The normalized spacial score (nSPS) is 9.50. The second-order valence-electron chi connectivity index (χ2n) is 2.71. The van der Waals surface area contributed by atoms with Gasteiger partial charge in [-0.3, -0.25) is 0 Å². The first kappa shape index (κ1) is 10.8. The fourth-order valence-electron chi connectivity index (χ4n) is 1.11. The van der Waals surface area contributed by atoms with Crippen molar-refractivity contribution in [1.29, 1.82) is 0 Å². The smallest absolute Gasteiger partial charge is 0.226 e. The van der Waals surface area contributed by atoms with Crippen molar-refractivity contribution in [1.82, 2.24) is 4.98 Å². The molecule has 0 bridgehead atoms. The first-order valence-electron chi connectivity index (χ1n) is 4.10. The lowest BCUT2D eigenvalue weighted by Crippen LogP contribution is -1.95.